The van der Waals surface area contributed by atoms with Crippen molar-refractivity contribution in [1.82, 2.24) is 4.98 Å². The molecule has 0 fully saturated rings. The van der Waals surface area contributed by atoms with Gasteiger partial charge in [-0.15, -0.1) is 11.8 Å². The Morgan fingerprint density at radius 1 is 0.750 bits per heavy atom. The van der Waals surface area contributed by atoms with Gasteiger partial charge >= 0.3 is 0 Å². The van der Waals surface area contributed by atoms with Crippen LogP contribution in [0.3, 0.4) is 0 Å². The number of aromatic nitrogens is 1. The van der Waals surface area contributed by atoms with Gasteiger partial charge in [-0.25, -0.2) is 0 Å². The lowest BCUT2D eigenvalue weighted by Crippen LogP contribution is -1.87. The van der Waals surface area contributed by atoms with Crippen LogP contribution in [0, 0.1) is 0 Å². The topological polar surface area (TPSA) is 12.9 Å². The molecule has 0 radical (unpaired) electrons. The number of rotatable bonds is 3. The maximum atomic E-state index is 4.46. The number of hydrogen-bond donors (Lipinski definition) is 0. The molecule has 3 aromatic rings. The molecule has 0 bridgehead atoms. The highest BCUT2D eigenvalue weighted by molar-refractivity contribution is 7.98. The van der Waals surface area contributed by atoms with Crippen LogP contribution in [0.2, 0.25) is 0 Å². The summed E-state index contributed by atoms with van der Waals surface area (Å²) >= 11 is 1.76. The standard InChI is InChI=1S/C18H15NS/c1-20-15-11-9-14(10-12-15)16-6-2-3-7-17(16)18-8-4-5-13-19-18/h2-13H,1H3. The first kappa shape index (κ1) is 12.9. The zero-order valence-corrected chi connectivity index (χ0v) is 12.1. The van der Waals surface area contributed by atoms with Gasteiger partial charge in [-0.3, -0.25) is 4.98 Å². The molecule has 0 aliphatic carbocycles. The van der Waals surface area contributed by atoms with Crippen LogP contribution in [-0.4, -0.2) is 11.2 Å². The van der Waals surface area contributed by atoms with Crippen molar-refractivity contribution in [3.05, 3.63) is 72.9 Å². The fraction of sp³-hybridized carbons (Fsp3) is 0.0556. The number of hydrogen-bond acceptors (Lipinski definition) is 2. The van der Waals surface area contributed by atoms with E-state index in [0.717, 1.165) is 5.69 Å². The van der Waals surface area contributed by atoms with Crippen molar-refractivity contribution in [3.8, 4) is 22.4 Å². The van der Waals surface area contributed by atoms with Crippen molar-refractivity contribution in [2.75, 3.05) is 6.26 Å². The third-order valence-corrected chi connectivity index (χ3v) is 4.01. The van der Waals surface area contributed by atoms with E-state index >= 15 is 0 Å². The molecule has 2 aromatic carbocycles. The SMILES string of the molecule is CSc1ccc(-c2ccccc2-c2ccccn2)cc1. The van der Waals surface area contributed by atoms with E-state index in [0.29, 0.717) is 0 Å². The summed E-state index contributed by atoms with van der Waals surface area (Å²) in [4.78, 5) is 5.75. The first-order valence-corrected chi connectivity index (χ1v) is 7.76. The van der Waals surface area contributed by atoms with Crippen LogP contribution in [0.15, 0.2) is 77.8 Å². The summed E-state index contributed by atoms with van der Waals surface area (Å²) in [5, 5.41) is 0. The Morgan fingerprint density at radius 2 is 1.45 bits per heavy atom. The van der Waals surface area contributed by atoms with Crippen molar-refractivity contribution in [2.45, 2.75) is 4.90 Å². The molecule has 0 N–H and O–H groups in total. The molecule has 0 unspecified atom stereocenters. The zero-order valence-electron chi connectivity index (χ0n) is 11.3. The predicted octanol–water partition coefficient (Wildman–Crippen LogP) is 5.14. The number of pyridine rings is 1. The molecule has 0 spiro atoms. The van der Waals surface area contributed by atoms with Crippen molar-refractivity contribution in [2.24, 2.45) is 0 Å². The maximum absolute atomic E-state index is 4.46. The van der Waals surface area contributed by atoms with Crippen molar-refractivity contribution < 1.29 is 0 Å². The highest BCUT2D eigenvalue weighted by atomic mass is 32.2. The Kier molecular flexibility index (Phi) is 3.84. The Balaban J connectivity index is 2.10. The van der Waals surface area contributed by atoms with E-state index in [1.165, 1.54) is 21.6 Å². The second-order valence-electron chi connectivity index (χ2n) is 4.49. The van der Waals surface area contributed by atoms with Crippen LogP contribution in [-0.2, 0) is 0 Å². The average molecular weight is 277 g/mol. The molecule has 0 aliphatic heterocycles. The van der Waals surface area contributed by atoms with Gasteiger partial charge in [0.25, 0.3) is 0 Å². The van der Waals surface area contributed by atoms with E-state index in [-0.39, 0.29) is 0 Å². The molecule has 0 saturated carbocycles. The molecule has 1 heterocycles. The van der Waals surface area contributed by atoms with Gasteiger partial charge < -0.3 is 0 Å². The number of benzene rings is 2. The lowest BCUT2D eigenvalue weighted by Gasteiger charge is -2.09. The normalized spacial score (nSPS) is 10.4. The van der Waals surface area contributed by atoms with Gasteiger partial charge in [0.05, 0.1) is 5.69 Å². The lowest BCUT2D eigenvalue weighted by molar-refractivity contribution is 1.32. The van der Waals surface area contributed by atoms with Gasteiger partial charge in [-0.1, -0.05) is 42.5 Å². The van der Waals surface area contributed by atoms with Crippen molar-refractivity contribution in [3.63, 3.8) is 0 Å². The molecule has 0 aliphatic rings. The Bertz CT molecular complexity index is 690. The van der Waals surface area contributed by atoms with Gasteiger partial charge in [0.15, 0.2) is 0 Å². The molecular formula is C18H15NS. The highest BCUT2D eigenvalue weighted by Gasteiger charge is 2.07. The maximum Gasteiger partial charge on any atom is 0.0708 e. The molecule has 2 heteroatoms. The van der Waals surface area contributed by atoms with Crippen molar-refractivity contribution in [1.29, 1.82) is 0 Å². The van der Waals surface area contributed by atoms with Crippen LogP contribution in [0.25, 0.3) is 22.4 Å². The molecule has 0 atom stereocenters. The summed E-state index contributed by atoms with van der Waals surface area (Å²) < 4.78 is 0. The third-order valence-electron chi connectivity index (χ3n) is 3.27. The van der Waals surface area contributed by atoms with E-state index in [1.807, 2.05) is 18.3 Å². The summed E-state index contributed by atoms with van der Waals surface area (Å²) in [5.74, 6) is 0. The van der Waals surface area contributed by atoms with Gasteiger partial charge in [0.1, 0.15) is 0 Å². The van der Waals surface area contributed by atoms with Crippen molar-refractivity contribution >= 4 is 11.8 Å². The first-order chi connectivity index (χ1) is 9.88. The van der Waals surface area contributed by atoms with E-state index in [2.05, 4.69) is 65.8 Å². The van der Waals surface area contributed by atoms with Gasteiger partial charge in [0, 0.05) is 16.7 Å². The summed E-state index contributed by atoms with van der Waals surface area (Å²) in [6.07, 6.45) is 3.93. The predicted molar refractivity (Wildman–Crippen MR) is 86.9 cm³/mol. The molecule has 20 heavy (non-hydrogen) atoms. The molecular weight excluding hydrogens is 262 g/mol. The fourth-order valence-corrected chi connectivity index (χ4v) is 2.66. The van der Waals surface area contributed by atoms with Gasteiger partial charge in [0.2, 0.25) is 0 Å². The molecule has 0 saturated heterocycles. The van der Waals surface area contributed by atoms with Crippen LogP contribution >= 0.6 is 11.8 Å². The van der Waals surface area contributed by atoms with Gasteiger partial charge in [-0.2, -0.15) is 0 Å². The molecule has 98 valence electrons. The second kappa shape index (κ2) is 5.93. The minimum absolute atomic E-state index is 1.01. The van der Waals surface area contributed by atoms with E-state index in [4.69, 9.17) is 0 Å². The van der Waals surface area contributed by atoms with Crippen LogP contribution < -0.4 is 0 Å². The zero-order chi connectivity index (χ0) is 13.8. The van der Waals surface area contributed by atoms with Crippen LogP contribution in [0.4, 0.5) is 0 Å². The summed E-state index contributed by atoms with van der Waals surface area (Å²) in [6, 6.07) is 23.1. The monoisotopic (exact) mass is 277 g/mol. The molecule has 1 aromatic heterocycles. The van der Waals surface area contributed by atoms with E-state index < -0.39 is 0 Å². The number of thioether (sulfide) groups is 1. The fourth-order valence-electron chi connectivity index (χ4n) is 2.25. The third kappa shape index (κ3) is 2.61. The molecule has 1 nitrogen and oxygen atoms in total. The first-order valence-electron chi connectivity index (χ1n) is 6.53. The van der Waals surface area contributed by atoms with E-state index in [1.54, 1.807) is 11.8 Å². The van der Waals surface area contributed by atoms with Gasteiger partial charge in [-0.05, 0) is 41.6 Å². The average Bonchev–Trinajstić information content (AvgIpc) is 2.56. The number of nitrogens with zero attached hydrogens (tertiary/aromatic N) is 1. The summed E-state index contributed by atoms with van der Waals surface area (Å²) in [5.41, 5.74) is 4.63. The smallest absolute Gasteiger partial charge is 0.0708 e. The molecule has 0 amide bonds. The quantitative estimate of drug-likeness (QED) is 0.615. The highest BCUT2D eigenvalue weighted by Crippen LogP contribution is 2.31. The lowest BCUT2D eigenvalue weighted by atomic mass is 9.97. The summed E-state index contributed by atoms with van der Waals surface area (Å²) in [6.45, 7) is 0. The second-order valence-corrected chi connectivity index (χ2v) is 5.37. The Hall–Kier alpha value is -2.06. The van der Waals surface area contributed by atoms with Crippen LogP contribution in [0.5, 0.6) is 0 Å². The van der Waals surface area contributed by atoms with Crippen LogP contribution in [0.1, 0.15) is 0 Å². The molecule has 3 rings (SSSR count). The Morgan fingerprint density at radius 3 is 2.10 bits per heavy atom. The minimum Gasteiger partial charge on any atom is -0.256 e. The van der Waals surface area contributed by atoms with E-state index in [9.17, 15) is 0 Å². The Labute approximate surface area is 123 Å². The largest absolute Gasteiger partial charge is 0.256 e. The minimum atomic E-state index is 1.01. The summed E-state index contributed by atoms with van der Waals surface area (Å²) in [7, 11) is 0.